The Hall–Kier alpha value is -4.64. The van der Waals surface area contributed by atoms with E-state index in [1.165, 1.54) is 63.6 Å². The molecule has 186 valence electrons. The Bertz CT molecular complexity index is 2120. The van der Waals surface area contributed by atoms with Crippen LogP contribution in [0.3, 0.4) is 0 Å². The molecule has 2 nitrogen and oxygen atoms in total. The molecule has 0 amide bonds. The zero-order chi connectivity index (χ0) is 26.2. The smallest absolute Gasteiger partial charge is 0.125 e. The van der Waals surface area contributed by atoms with Crippen molar-refractivity contribution < 1.29 is 0 Å². The van der Waals surface area contributed by atoms with E-state index in [0.717, 1.165) is 21.0 Å². The second-order valence-electron chi connectivity index (χ2n) is 10.2. The normalized spacial score (nSPS) is 12.0. The largest absolute Gasteiger partial charge is 0.236 e. The van der Waals surface area contributed by atoms with Gasteiger partial charge in [-0.1, -0.05) is 97.1 Å². The lowest BCUT2D eigenvalue weighted by molar-refractivity contribution is 1.47. The molecule has 40 heavy (non-hydrogen) atoms. The topological polar surface area (TPSA) is 25.8 Å². The first-order chi connectivity index (χ1) is 19.8. The molecule has 0 aliphatic carbocycles. The molecule has 7 aromatic carbocycles. The number of nitrogens with zero attached hydrogens (tertiary/aromatic N) is 2. The number of hydrogen-bond acceptors (Lipinski definition) is 4. The lowest BCUT2D eigenvalue weighted by Gasteiger charge is -2.09. The van der Waals surface area contributed by atoms with Crippen LogP contribution in [0.1, 0.15) is 0 Å². The maximum atomic E-state index is 5.20. The Balaban J connectivity index is 1.27. The fourth-order valence-corrected chi connectivity index (χ4v) is 8.25. The van der Waals surface area contributed by atoms with Crippen LogP contribution in [-0.4, -0.2) is 9.97 Å². The van der Waals surface area contributed by atoms with Crippen LogP contribution in [0.5, 0.6) is 0 Å². The maximum absolute atomic E-state index is 5.20. The summed E-state index contributed by atoms with van der Waals surface area (Å²) in [5, 5.41) is 12.0. The fourth-order valence-electron chi connectivity index (χ4n) is 6.05. The van der Waals surface area contributed by atoms with Gasteiger partial charge in [0.1, 0.15) is 10.0 Å². The van der Waals surface area contributed by atoms with Crippen molar-refractivity contribution in [2.45, 2.75) is 0 Å². The number of benzene rings is 7. The highest BCUT2D eigenvalue weighted by atomic mass is 32.1. The number of fused-ring (bicyclic) bond motifs is 6. The van der Waals surface area contributed by atoms with Crippen molar-refractivity contribution in [2.75, 3.05) is 0 Å². The molecule has 2 aromatic heterocycles. The summed E-state index contributed by atoms with van der Waals surface area (Å²) in [7, 11) is 0. The minimum atomic E-state index is 1.00. The molecule has 0 saturated carbocycles. The first-order valence-corrected chi connectivity index (χ1v) is 15.0. The van der Waals surface area contributed by atoms with Gasteiger partial charge in [-0.2, -0.15) is 0 Å². The monoisotopic (exact) mass is 544 g/mol. The van der Waals surface area contributed by atoms with Crippen molar-refractivity contribution in [1.82, 2.24) is 9.97 Å². The Morgan fingerprint density at radius 1 is 0.375 bits per heavy atom. The van der Waals surface area contributed by atoms with Gasteiger partial charge in [-0.3, -0.25) is 0 Å². The molecule has 0 unspecified atom stereocenters. The van der Waals surface area contributed by atoms with Crippen LogP contribution in [0.4, 0.5) is 0 Å². The summed E-state index contributed by atoms with van der Waals surface area (Å²) in [6.07, 6.45) is 0. The molecular formula is C36H20N2S2. The summed E-state index contributed by atoms with van der Waals surface area (Å²) >= 11 is 3.55. The molecule has 0 saturated heterocycles. The third-order valence-electron chi connectivity index (χ3n) is 7.87. The minimum absolute atomic E-state index is 1.00. The molecular weight excluding hydrogens is 525 g/mol. The van der Waals surface area contributed by atoms with Crippen LogP contribution in [0.15, 0.2) is 121 Å². The van der Waals surface area contributed by atoms with Gasteiger partial charge in [0.15, 0.2) is 0 Å². The first-order valence-electron chi connectivity index (χ1n) is 13.3. The molecule has 0 radical (unpaired) electrons. The molecule has 0 atom stereocenters. The lowest BCUT2D eigenvalue weighted by Crippen LogP contribution is -1.85. The van der Waals surface area contributed by atoms with E-state index in [4.69, 9.17) is 9.97 Å². The molecule has 0 fully saturated rings. The van der Waals surface area contributed by atoms with Crippen molar-refractivity contribution >= 4 is 86.2 Å². The molecule has 0 aliphatic rings. The number of aromatic nitrogens is 2. The van der Waals surface area contributed by atoms with Gasteiger partial charge in [0, 0.05) is 11.1 Å². The van der Waals surface area contributed by atoms with E-state index in [0.29, 0.717) is 0 Å². The Labute approximate surface area is 237 Å². The van der Waals surface area contributed by atoms with E-state index in [1.54, 1.807) is 22.7 Å². The molecule has 0 N–H and O–H groups in total. The van der Waals surface area contributed by atoms with Gasteiger partial charge < -0.3 is 0 Å². The highest BCUT2D eigenvalue weighted by Crippen LogP contribution is 2.43. The zero-order valence-corrected chi connectivity index (χ0v) is 22.9. The van der Waals surface area contributed by atoms with Crippen LogP contribution in [0.25, 0.3) is 84.7 Å². The van der Waals surface area contributed by atoms with Gasteiger partial charge in [0.25, 0.3) is 0 Å². The van der Waals surface area contributed by atoms with E-state index in [2.05, 4.69) is 121 Å². The van der Waals surface area contributed by atoms with Crippen molar-refractivity contribution in [3.63, 3.8) is 0 Å². The van der Waals surface area contributed by atoms with Gasteiger partial charge >= 0.3 is 0 Å². The van der Waals surface area contributed by atoms with Gasteiger partial charge in [-0.05, 0) is 67.4 Å². The minimum Gasteiger partial charge on any atom is -0.236 e. The number of thiazole rings is 2. The maximum Gasteiger partial charge on any atom is 0.125 e. The summed E-state index contributed by atoms with van der Waals surface area (Å²) in [5.41, 5.74) is 4.44. The van der Waals surface area contributed by atoms with Gasteiger partial charge in [0.05, 0.1) is 20.4 Å². The quantitative estimate of drug-likeness (QED) is 0.202. The van der Waals surface area contributed by atoms with Crippen LogP contribution in [0.2, 0.25) is 0 Å². The highest BCUT2D eigenvalue weighted by molar-refractivity contribution is 7.24. The summed E-state index contributed by atoms with van der Waals surface area (Å²) < 4.78 is 2.38. The van der Waals surface area contributed by atoms with E-state index in [9.17, 15) is 0 Å². The molecule has 0 aliphatic heterocycles. The lowest BCUT2D eigenvalue weighted by atomic mass is 9.97. The summed E-state index contributed by atoms with van der Waals surface area (Å²) in [4.78, 5) is 10.4. The standard InChI is InChI=1S/C36H20N2S2/c1-5-13-25-21(9-1)17-22-10-2-6-14-26(22)33(25)35-37-29-19-30-32(20-31(29)39-35)40-36(38-30)34-27-15-7-3-11-23(27)18-24-12-4-8-16-28(24)34/h1-20H. The van der Waals surface area contributed by atoms with Crippen LogP contribution < -0.4 is 0 Å². The Morgan fingerprint density at radius 3 is 1.10 bits per heavy atom. The van der Waals surface area contributed by atoms with Crippen LogP contribution in [0, 0.1) is 0 Å². The Kier molecular flexibility index (Phi) is 4.68. The first kappa shape index (κ1) is 22.2. The van der Waals surface area contributed by atoms with Crippen LogP contribution >= 0.6 is 22.7 Å². The summed E-state index contributed by atoms with van der Waals surface area (Å²) in [6.45, 7) is 0. The van der Waals surface area contributed by atoms with Gasteiger partial charge in [-0.25, -0.2) is 9.97 Å². The molecule has 0 bridgehead atoms. The average molecular weight is 545 g/mol. The highest BCUT2D eigenvalue weighted by Gasteiger charge is 2.18. The second-order valence-corrected chi connectivity index (χ2v) is 12.3. The average Bonchev–Trinajstić information content (AvgIpc) is 3.60. The van der Waals surface area contributed by atoms with E-state index in [1.807, 2.05) is 0 Å². The van der Waals surface area contributed by atoms with Gasteiger partial charge in [-0.15, -0.1) is 22.7 Å². The van der Waals surface area contributed by atoms with Crippen molar-refractivity contribution in [3.05, 3.63) is 121 Å². The zero-order valence-electron chi connectivity index (χ0n) is 21.3. The number of rotatable bonds is 2. The van der Waals surface area contributed by atoms with Crippen molar-refractivity contribution in [1.29, 1.82) is 0 Å². The molecule has 2 heterocycles. The van der Waals surface area contributed by atoms with E-state index in [-0.39, 0.29) is 0 Å². The Morgan fingerprint density at radius 2 is 0.725 bits per heavy atom. The fraction of sp³-hybridized carbons (Fsp3) is 0. The van der Waals surface area contributed by atoms with Crippen molar-refractivity contribution in [2.24, 2.45) is 0 Å². The molecule has 4 heteroatoms. The summed E-state index contributed by atoms with van der Waals surface area (Å²) in [5.74, 6) is 0. The van der Waals surface area contributed by atoms with Crippen molar-refractivity contribution in [3.8, 4) is 21.1 Å². The van der Waals surface area contributed by atoms with E-state index < -0.39 is 0 Å². The molecule has 9 rings (SSSR count). The third kappa shape index (κ3) is 3.27. The second kappa shape index (κ2) is 8.43. The summed E-state index contributed by atoms with van der Waals surface area (Å²) in [6, 6.07) is 43.5. The van der Waals surface area contributed by atoms with Crippen LogP contribution in [-0.2, 0) is 0 Å². The number of hydrogen-bond donors (Lipinski definition) is 0. The van der Waals surface area contributed by atoms with Gasteiger partial charge in [0.2, 0.25) is 0 Å². The third-order valence-corrected chi connectivity index (χ3v) is 9.94. The van der Waals surface area contributed by atoms with E-state index >= 15 is 0 Å². The predicted octanol–water partition coefficient (Wildman–Crippen LogP) is 10.9. The molecule has 9 aromatic rings. The SMILES string of the molecule is c1ccc2c(-c3nc4cc5nc(-c6c7ccccc7cc7ccccc67)sc5cc4s3)c3ccccc3cc2c1. The molecule has 0 spiro atoms. The predicted molar refractivity (Wildman–Crippen MR) is 174 cm³/mol.